The number of rotatable bonds is 4. The fraction of sp³-hybridized carbons (Fsp3) is 0.188. The summed E-state index contributed by atoms with van der Waals surface area (Å²) in [6.45, 7) is 4.31. The van der Waals surface area contributed by atoms with Crippen LogP contribution in [0.1, 0.15) is 27.0 Å². The Labute approximate surface area is 118 Å². The van der Waals surface area contributed by atoms with Crippen LogP contribution in [0.3, 0.4) is 0 Å². The maximum absolute atomic E-state index is 11.2. The van der Waals surface area contributed by atoms with E-state index in [0.29, 0.717) is 12.2 Å². The number of carbonyl (C=O) groups excluding carboxylic acids is 1. The van der Waals surface area contributed by atoms with Gasteiger partial charge in [0.05, 0.1) is 0 Å². The summed E-state index contributed by atoms with van der Waals surface area (Å²) < 4.78 is 5.78. The third-order valence-corrected chi connectivity index (χ3v) is 3.39. The zero-order valence-corrected chi connectivity index (χ0v) is 11.7. The molecular formula is C16H15ClO2. The van der Waals surface area contributed by atoms with Crippen LogP contribution in [-0.2, 0) is 6.61 Å². The molecule has 0 aliphatic heterocycles. The smallest absolute Gasteiger partial charge is 0.252 e. The van der Waals surface area contributed by atoms with E-state index >= 15 is 0 Å². The zero-order valence-electron chi connectivity index (χ0n) is 10.9. The van der Waals surface area contributed by atoms with Crippen molar-refractivity contribution in [2.75, 3.05) is 0 Å². The lowest BCUT2D eigenvalue weighted by Gasteiger charge is -2.13. The maximum Gasteiger partial charge on any atom is 0.252 e. The lowest BCUT2D eigenvalue weighted by Crippen LogP contribution is -2.01. The number of carbonyl (C=O) groups is 1. The van der Waals surface area contributed by atoms with Gasteiger partial charge in [-0.15, -0.1) is 0 Å². The summed E-state index contributed by atoms with van der Waals surface area (Å²) in [6, 6.07) is 13.5. The topological polar surface area (TPSA) is 26.3 Å². The highest BCUT2D eigenvalue weighted by Crippen LogP contribution is 2.26. The highest BCUT2D eigenvalue weighted by Gasteiger charge is 2.11. The van der Waals surface area contributed by atoms with E-state index in [-0.39, 0.29) is 0 Å². The normalized spacial score (nSPS) is 10.3. The average molecular weight is 275 g/mol. The summed E-state index contributed by atoms with van der Waals surface area (Å²) in [7, 11) is 0. The van der Waals surface area contributed by atoms with Crippen molar-refractivity contribution >= 4 is 16.8 Å². The summed E-state index contributed by atoms with van der Waals surface area (Å²) in [4.78, 5) is 11.2. The van der Waals surface area contributed by atoms with Crippen LogP contribution in [0.15, 0.2) is 42.5 Å². The molecule has 2 aromatic carbocycles. The zero-order chi connectivity index (χ0) is 13.8. The largest absolute Gasteiger partial charge is 0.489 e. The summed E-state index contributed by atoms with van der Waals surface area (Å²) in [5.41, 5.74) is 3.45. The highest BCUT2D eigenvalue weighted by molar-refractivity contribution is 6.67. The van der Waals surface area contributed by atoms with Crippen molar-refractivity contribution in [2.45, 2.75) is 20.5 Å². The van der Waals surface area contributed by atoms with Crippen LogP contribution in [0, 0.1) is 13.8 Å². The molecule has 0 fully saturated rings. The van der Waals surface area contributed by atoms with Crippen LogP contribution in [0.4, 0.5) is 0 Å². The Balaban J connectivity index is 2.18. The van der Waals surface area contributed by atoms with Crippen molar-refractivity contribution in [3.63, 3.8) is 0 Å². The standard InChI is InChI=1S/C16H15ClO2/c1-11-12(2)15(9-8-14(11)16(17)18)19-10-13-6-4-3-5-7-13/h3-9H,10H2,1-2H3. The monoisotopic (exact) mass is 274 g/mol. The molecule has 0 unspecified atom stereocenters. The molecule has 2 nitrogen and oxygen atoms in total. The predicted octanol–water partition coefficient (Wildman–Crippen LogP) is 4.26. The van der Waals surface area contributed by atoms with E-state index in [1.54, 1.807) is 12.1 Å². The molecule has 0 bridgehead atoms. The van der Waals surface area contributed by atoms with E-state index in [1.807, 2.05) is 44.2 Å². The highest BCUT2D eigenvalue weighted by atomic mass is 35.5. The van der Waals surface area contributed by atoms with Gasteiger partial charge in [-0.05, 0) is 54.3 Å². The summed E-state index contributed by atoms with van der Waals surface area (Å²) in [5, 5.41) is -0.435. The summed E-state index contributed by atoms with van der Waals surface area (Å²) >= 11 is 5.53. The lowest BCUT2D eigenvalue weighted by molar-refractivity contribution is 0.108. The number of hydrogen-bond donors (Lipinski definition) is 0. The maximum atomic E-state index is 11.2. The van der Waals surface area contributed by atoms with Crippen LogP contribution >= 0.6 is 11.6 Å². The number of hydrogen-bond acceptors (Lipinski definition) is 2. The molecule has 0 N–H and O–H groups in total. The molecule has 0 atom stereocenters. The van der Waals surface area contributed by atoms with Crippen molar-refractivity contribution in [3.05, 3.63) is 64.7 Å². The van der Waals surface area contributed by atoms with Gasteiger partial charge in [-0.1, -0.05) is 30.3 Å². The molecule has 0 amide bonds. The van der Waals surface area contributed by atoms with Gasteiger partial charge < -0.3 is 4.74 Å². The molecule has 0 saturated carbocycles. The Kier molecular flexibility index (Phi) is 4.23. The fourth-order valence-corrected chi connectivity index (χ4v) is 2.11. The SMILES string of the molecule is Cc1c(OCc2ccccc2)ccc(C(=O)Cl)c1C. The van der Waals surface area contributed by atoms with Gasteiger partial charge in [-0.2, -0.15) is 0 Å². The van der Waals surface area contributed by atoms with Crippen molar-refractivity contribution in [3.8, 4) is 5.75 Å². The number of ether oxygens (including phenoxy) is 1. The van der Waals surface area contributed by atoms with Crippen LogP contribution < -0.4 is 4.74 Å². The van der Waals surface area contributed by atoms with E-state index in [9.17, 15) is 4.79 Å². The van der Waals surface area contributed by atoms with Gasteiger partial charge >= 0.3 is 0 Å². The lowest BCUT2D eigenvalue weighted by atomic mass is 10.0. The molecule has 3 heteroatoms. The average Bonchev–Trinajstić information content (AvgIpc) is 2.41. The van der Waals surface area contributed by atoms with E-state index in [4.69, 9.17) is 16.3 Å². The van der Waals surface area contributed by atoms with Gasteiger partial charge in [-0.25, -0.2) is 0 Å². The molecule has 19 heavy (non-hydrogen) atoms. The van der Waals surface area contributed by atoms with Crippen LogP contribution in [0.2, 0.25) is 0 Å². The third kappa shape index (κ3) is 3.15. The van der Waals surface area contributed by atoms with Crippen molar-refractivity contribution in [1.82, 2.24) is 0 Å². The Morgan fingerprint density at radius 1 is 1.05 bits per heavy atom. The Hall–Kier alpha value is -1.80. The summed E-state index contributed by atoms with van der Waals surface area (Å²) in [5.74, 6) is 0.781. The molecule has 2 aromatic rings. The quantitative estimate of drug-likeness (QED) is 0.779. The Morgan fingerprint density at radius 2 is 1.74 bits per heavy atom. The van der Waals surface area contributed by atoms with Crippen LogP contribution in [0.5, 0.6) is 5.75 Å². The summed E-state index contributed by atoms with van der Waals surface area (Å²) in [6.07, 6.45) is 0. The van der Waals surface area contributed by atoms with Gasteiger partial charge in [0.2, 0.25) is 0 Å². The molecule has 0 aliphatic rings. The minimum Gasteiger partial charge on any atom is -0.489 e. The molecule has 0 radical (unpaired) electrons. The molecule has 0 aromatic heterocycles. The minimum absolute atomic E-state index is 0.435. The fourth-order valence-electron chi connectivity index (χ4n) is 1.90. The van der Waals surface area contributed by atoms with E-state index in [1.165, 1.54) is 0 Å². The second-order valence-corrected chi connectivity index (χ2v) is 4.75. The van der Waals surface area contributed by atoms with Crippen molar-refractivity contribution in [2.24, 2.45) is 0 Å². The molecule has 0 heterocycles. The Morgan fingerprint density at radius 3 is 2.37 bits per heavy atom. The molecule has 0 aliphatic carbocycles. The molecular weight excluding hydrogens is 260 g/mol. The van der Waals surface area contributed by atoms with Crippen molar-refractivity contribution < 1.29 is 9.53 Å². The molecule has 2 rings (SSSR count). The predicted molar refractivity (Wildman–Crippen MR) is 76.9 cm³/mol. The van der Waals surface area contributed by atoms with E-state index in [0.717, 1.165) is 22.4 Å². The van der Waals surface area contributed by atoms with Gasteiger partial charge in [0, 0.05) is 5.56 Å². The third-order valence-electron chi connectivity index (χ3n) is 3.19. The minimum atomic E-state index is -0.435. The molecule has 0 saturated heterocycles. The van der Waals surface area contributed by atoms with Crippen molar-refractivity contribution in [1.29, 1.82) is 0 Å². The van der Waals surface area contributed by atoms with Crippen LogP contribution in [0.25, 0.3) is 0 Å². The number of halogens is 1. The molecule has 98 valence electrons. The second kappa shape index (κ2) is 5.89. The van der Waals surface area contributed by atoms with Gasteiger partial charge in [-0.3, -0.25) is 4.79 Å². The second-order valence-electron chi connectivity index (χ2n) is 4.41. The van der Waals surface area contributed by atoms with Gasteiger partial charge in [0.15, 0.2) is 0 Å². The molecule has 0 spiro atoms. The first-order chi connectivity index (χ1) is 9.09. The number of benzene rings is 2. The van der Waals surface area contributed by atoms with Crippen LogP contribution in [-0.4, -0.2) is 5.24 Å². The van der Waals surface area contributed by atoms with E-state index in [2.05, 4.69) is 0 Å². The van der Waals surface area contributed by atoms with E-state index < -0.39 is 5.24 Å². The first-order valence-electron chi connectivity index (χ1n) is 6.06. The van der Waals surface area contributed by atoms with Gasteiger partial charge in [0.1, 0.15) is 12.4 Å². The van der Waals surface area contributed by atoms with Gasteiger partial charge in [0.25, 0.3) is 5.24 Å². The first kappa shape index (κ1) is 13.6. The first-order valence-corrected chi connectivity index (χ1v) is 6.44. The Bertz CT molecular complexity index is 591.